The van der Waals surface area contributed by atoms with Gasteiger partial charge in [0.2, 0.25) is 0 Å². The quantitative estimate of drug-likeness (QED) is 0.695. The maximum absolute atomic E-state index is 6.03. The van der Waals surface area contributed by atoms with E-state index < -0.39 is 0 Å². The Hall–Kier alpha value is -0.470. The lowest BCUT2D eigenvalue weighted by Gasteiger charge is -2.33. The molecule has 1 aliphatic rings. The predicted molar refractivity (Wildman–Crippen MR) is 103 cm³/mol. The SMILES string of the molecule is BC(B)(CCC)NCC1OCCC(/C(C)=C\C(C)CC)=C1C. The molecule has 0 saturated carbocycles. The van der Waals surface area contributed by atoms with E-state index in [1.54, 1.807) is 0 Å². The van der Waals surface area contributed by atoms with Crippen LogP contribution in [0.2, 0.25) is 0 Å². The van der Waals surface area contributed by atoms with Gasteiger partial charge in [-0.3, -0.25) is 0 Å². The minimum Gasteiger partial charge on any atom is -0.372 e. The van der Waals surface area contributed by atoms with E-state index in [0.29, 0.717) is 5.92 Å². The van der Waals surface area contributed by atoms with Crippen LogP contribution in [0.3, 0.4) is 0 Å². The van der Waals surface area contributed by atoms with Gasteiger partial charge in [-0.25, -0.2) is 0 Å². The molecule has 0 radical (unpaired) electrons. The topological polar surface area (TPSA) is 21.3 Å². The molecule has 2 unspecified atom stereocenters. The van der Waals surface area contributed by atoms with Crippen LogP contribution in [0.15, 0.2) is 22.8 Å². The lowest BCUT2D eigenvalue weighted by molar-refractivity contribution is 0.0664. The predicted octanol–water partition coefficient (Wildman–Crippen LogP) is 2.39. The van der Waals surface area contributed by atoms with Crippen LogP contribution >= 0.6 is 0 Å². The molecule has 0 aromatic rings. The molecule has 4 heteroatoms. The van der Waals surface area contributed by atoms with E-state index in [1.807, 2.05) is 0 Å². The molecule has 0 amide bonds. The number of hydrogen-bond donors (Lipinski definition) is 1. The van der Waals surface area contributed by atoms with Gasteiger partial charge in [-0.05, 0) is 42.7 Å². The zero-order valence-corrected chi connectivity index (χ0v) is 15.9. The molecule has 0 bridgehead atoms. The maximum Gasteiger partial charge on any atom is 0.116 e. The van der Waals surface area contributed by atoms with Crippen LogP contribution in [0.1, 0.15) is 60.3 Å². The van der Waals surface area contributed by atoms with Crippen LogP contribution in [0, 0.1) is 5.92 Å². The Balaban J connectivity index is 2.77. The molecule has 1 rings (SSSR count). The summed E-state index contributed by atoms with van der Waals surface area (Å²) in [6, 6.07) is 0. The molecule has 0 aromatic heterocycles. The van der Waals surface area contributed by atoms with Crippen molar-refractivity contribution < 1.29 is 4.74 Å². The summed E-state index contributed by atoms with van der Waals surface area (Å²) < 4.78 is 6.03. The molecule has 0 fully saturated rings. The van der Waals surface area contributed by atoms with Crippen molar-refractivity contribution in [3.8, 4) is 0 Å². The summed E-state index contributed by atoms with van der Waals surface area (Å²) in [6.45, 7) is 13.1. The van der Waals surface area contributed by atoms with Gasteiger partial charge >= 0.3 is 0 Å². The highest BCUT2D eigenvalue weighted by Gasteiger charge is 2.24. The highest BCUT2D eigenvalue weighted by atomic mass is 16.5. The number of ether oxygens (including phenoxy) is 1. The van der Waals surface area contributed by atoms with E-state index in [1.165, 1.54) is 36.0 Å². The van der Waals surface area contributed by atoms with Crippen molar-refractivity contribution in [2.75, 3.05) is 13.2 Å². The Kier molecular flexibility index (Phi) is 7.99. The van der Waals surface area contributed by atoms with E-state index in [4.69, 9.17) is 4.74 Å². The smallest absolute Gasteiger partial charge is 0.116 e. The van der Waals surface area contributed by atoms with E-state index >= 15 is 0 Å². The van der Waals surface area contributed by atoms with Crippen molar-refractivity contribution in [1.82, 2.24) is 5.32 Å². The molecule has 0 saturated heterocycles. The van der Waals surface area contributed by atoms with Gasteiger partial charge in [-0.2, -0.15) is 0 Å². The van der Waals surface area contributed by atoms with Crippen molar-refractivity contribution in [2.24, 2.45) is 5.92 Å². The average Bonchev–Trinajstić information content (AvgIpc) is 2.45. The van der Waals surface area contributed by atoms with Crippen molar-refractivity contribution in [1.29, 1.82) is 0 Å². The molecule has 0 spiro atoms. The van der Waals surface area contributed by atoms with E-state index in [-0.39, 0.29) is 11.4 Å². The zero-order valence-electron chi connectivity index (χ0n) is 15.9. The van der Waals surface area contributed by atoms with Gasteiger partial charge < -0.3 is 10.1 Å². The minimum atomic E-state index is 0.192. The fourth-order valence-electron chi connectivity index (χ4n) is 3.27. The van der Waals surface area contributed by atoms with E-state index in [2.05, 4.69) is 61.7 Å². The Morgan fingerprint density at radius 3 is 2.73 bits per heavy atom. The first-order chi connectivity index (χ1) is 10.3. The molecule has 22 heavy (non-hydrogen) atoms. The first kappa shape index (κ1) is 19.6. The standard InChI is InChI=1S/C18H35B2NO/c1-6-9-18(19,20)21-12-17-15(5)16(8-10-22-17)14(4)11-13(3)7-2/h11,13,17,21H,6-10,12,19-20H2,1-5H3/b14-11-. The first-order valence-corrected chi connectivity index (χ1v) is 9.05. The second-order valence-electron chi connectivity index (χ2n) is 7.52. The summed E-state index contributed by atoms with van der Waals surface area (Å²) in [5.41, 5.74) is 4.39. The number of hydrogen-bond acceptors (Lipinski definition) is 2. The average molecular weight is 303 g/mol. The second kappa shape index (κ2) is 8.98. The number of rotatable bonds is 8. The van der Waals surface area contributed by atoms with Crippen molar-refractivity contribution >= 4 is 15.7 Å². The van der Waals surface area contributed by atoms with Crippen LogP contribution in [0.5, 0.6) is 0 Å². The minimum absolute atomic E-state index is 0.192. The van der Waals surface area contributed by atoms with Crippen molar-refractivity contribution in [3.63, 3.8) is 0 Å². The molecule has 2 nitrogen and oxygen atoms in total. The van der Waals surface area contributed by atoms with Crippen molar-refractivity contribution in [3.05, 3.63) is 22.8 Å². The first-order valence-electron chi connectivity index (χ1n) is 9.05. The summed E-state index contributed by atoms with van der Waals surface area (Å²) >= 11 is 0. The van der Waals surface area contributed by atoms with Gasteiger partial charge in [0, 0.05) is 6.54 Å². The van der Waals surface area contributed by atoms with E-state index in [9.17, 15) is 0 Å². The number of nitrogens with one attached hydrogen (secondary N) is 1. The van der Waals surface area contributed by atoms with Gasteiger partial charge in [0.05, 0.1) is 12.7 Å². The molecule has 124 valence electrons. The Morgan fingerprint density at radius 1 is 1.45 bits per heavy atom. The lowest BCUT2D eigenvalue weighted by Crippen LogP contribution is -2.50. The summed E-state index contributed by atoms with van der Waals surface area (Å²) in [5, 5.41) is 3.88. The third kappa shape index (κ3) is 5.96. The molecule has 1 aliphatic heterocycles. The zero-order chi connectivity index (χ0) is 16.8. The summed E-state index contributed by atoms with van der Waals surface area (Å²) in [6.07, 6.45) is 7.32. The summed E-state index contributed by atoms with van der Waals surface area (Å²) in [7, 11) is 4.57. The fraction of sp³-hybridized carbons (Fsp3) is 0.778. The Bertz CT molecular complexity index is 415. The van der Waals surface area contributed by atoms with Crippen molar-refractivity contribution in [2.45, 2.75) is 71.7 Å². The van der Waals surface area contributed by atoms with Crippen LogP contribution in [0.4, 0.5) is 0 Å². The largest absolute Gasteiger partial charge is 0.372 e. The third-order valence-corrected chi connectivity index (χ3v) is 4.93. The Labute approximate surface area is 140 Å². The highest BCUT2D eigenvalue weighted by molar-refractivity contribution is 6.39. The van der Waals surface area contributed by atoms with Gasteiger partial charge in [0.25, 0.3) is 0 Å². The molecule has 2 atom stereocenters. The highest BCUT2D eigenvalue weighted by Crippen LogP contribution is 2.28. The molecule has 1 N–H and O–H groups in total. The second-order valence-corrected chi connectivity index (χ2v) is 7.52. The van der Waals surface area contributed by atoms with Crippen LogP contribution in [0.25, 0.3) is 0 Å². The monoisotopic (exact) mass is 303 g/mol. The molecule has 0 aromatic carbocycles. The molecule has 1 heterocycles. The Morgan fingerprint density at radius 2 is 2.14 bits per heavy atom. The van der Waals surface area contributed by atoms with Crippen LogP contribution < -0.4 is 5.32 Å². The maximum atomic E-state index is 6.03. The fourth-order valence-corrected chi connectivity index (χ4v) is 3.27. The summed E-state index contributed by atoms with van der Waals surface area (Å²) in [4.78, 5) is 0. The molecular weight excluding hydrogens is 268 g/mol. The van der Waals surface area contributed by atoms with Gasteiger partial charge in [0.15, 0.2) is 0 Å². The summed E-state index contributed by atoms with van der Waals surface area (Å²) in [5.74, 6) is 0.656. The van der Waals surface area contributed by atoms with Crippen LogP contribution in [-0.4, -0.2) is 40.3 Å². The molecule has 0 aliphatic carbocycles. The van der Waals surface area contributed by atoms with E-state index in [0.717, 1.165) is 19.6 Å². The van der Waals surface area contributed by atoms with Gasteiger partial charge in [0.1, 0.15) is 15.7 Å². The number of allylic oxidation sites excluding steroid dienone is 2. The van der Waals surface area contributed by atoms with Gasteiger partial charge in [-0.1, -0.05) is 51.7 Å². The normalized spacial score (nSPS) is 22.0. The lowest BCUT2D eigenvalue weighted by atomic mass is 9.59. The molecular formula is C18H35B2NO. The van der Waals surface area contributed by atoms with Gasteiger partial charge in [-0.15, -0.1) is 0 Å². The third-order valence-electron chi connectivity index (χ3n) is 4.93. The van der Waals surface area contributed by atoms with Crippen LogP contribution in [-0.2, 0) is 4.74 Å².